The molecule has 0 saturated carbocycles. The zero-order valence-electron chi connectivity index (χ0n) is 10.9. The maximum absolute atomic E-state index is 8.72. The first-order valence-corrected chi connectivity index (χ1v) is 5.82. The smallest absolute Gasteiger partial charge is 0.214 e. The van der Waals surface area contributed by atoms with Gasteiger partial charge in [0, 0.05) is 12.1 Å². The fraction of sp³-hybridized carbons (Fsp3) is 0.214. The summed E-state index contributed by atoms with van der Waals surface area (Å²) in [6.45, 7) is 0. The Bertz CT molecular complexity index is 602. The van der Waals surface area contributed by atoms with Crippen molar-refractivity contribution in [1.82, 2.24) is 0 Å². The van der Waals surface area contributed by atoms with E-state index in [1.54, 1.807) is 24.3 Å². The quantitative estimate of drug-likeness (QED) is 0.413. The number of nitriles is 4. The Labute approximate surface area is 165 Å². The van der Waals surface area contributed by atoms with E-state index >= 15 is 0 Å². The van der Waals surface area contributed by atoms with Crippen LogP contribution in [0.15, 0.2) is 33.9 Å². The molecule has 0 heterocycles. The van der Waals surface area contributed by atoms with Crippen LogP contribution >= 0.6 is 11.6 Å². The molecule has 0 fully saturated rings. The molecule has 1 aliphatic rings. The first-order chi connectivity index (χ1) is 9.15. The van der Waals surface area contributed by atoms with Crippen LogP contribution in [0.5, 0.6) is 0 Å². The molecule has 1 rings (SSSR count). The van der Waals surface area contributed by atoms with Crippen LogP contribution in [0.4, 0.5) is 0 Å². The van der Waals surface area contributed by atoms with Crippen LogP contribution in [0.25, 0.3) is 0 Å². The molecule has 0 aromatic heterocycles. The van der Waals surface area contributed by atoms with Crippen molar-refractivity contribution >= 4 is 11.6 Å². The Morgan fingerprint density at radius 3 is 2.20 bits per heavy atom. The van der Waals surface area contributed by atoms with Gasteiger partial charge in [-0.25, -0.2) is 10.5 Å². The van der Waals surface area contributed by atoms with Gasteiger partial charge in [0.1, 0.15) is 17.7 Å². The first kappa shape index (κ1) is 19.0. The number of hydrogen-bond donors (Lipinski definition) is 0. The Morgan fingerprint density at radius 1 is 1.10 bits per heavy atom. The van der Waals surface area contributed by atoms with Crippen LogP contribution < -0.4 is 51.4 Å². The molecule has 4 nitrogen and oxygen atoms in total. The molecule has 0 aromatic carbocycles. The van der Waals surface area contributed by atoms with Gasteiger partial charge in [0.25, 0.3) is 0 Å². The van der Waals surface area contributed by atoms with Gasteiger partial charge >= 0.3 is 51.4 Å². The van der Waals surface area contributed by atoms with E-state index in [2.05, 4.69) is 0 Å². The van der Waals surface area contributed by atoms with Crippen molar-refractivity contribution in [2.24, 2.45) is 0 Å². The van der Waals surface area contributed by atoms with E-state index in [0.717, 1.165) is 6.42 Å². The molecule has 0 radical (unpaired) electrons. The molecular weight excluding hydrogens is 299 g/mol. The molecule has 20 heavy (non-hydrogen) atoms. The van der Waals surface area contributed by atoms with E-state index < -0.39 is 0 Å². The zero-order valence-corrected chi connectivity index (χ0v) is 14.8. The van der Waals surface area contributed by atoms with E-state index in [9.17, 15) is 0 Å². The maximum Gasteiger partial charge on any atom is 1.00 e. The number of rotatable bonds is 2. The maximum atomic E-state index is 8.72. The third kappa shape index (κ3) is 5.16. The summed E-state index contributed by atoms with van der Waals surface area (Å²) in [7, 11) is 0. The molecule has 1 aliphatic carbocycles. The Kier molecular flexibility index (Phi) is 9.31. The standard InChI is InChI=1S/C14H8ClN4.K/c15-14-12(4-10(6-16)7-17)2-1-3-13(14)5-11(8-18)9-19;/h4-5H,1-3H2;/q-1;+1. The first-order valence-electron chi connectivity index (χ1n) is 5.45. The van der Waals surface area contributed by atoms with Gasteiger partial charge < -0.3 is 0 Å². The summed E-state index contributed by atoms with van der Waals surface area (Å²) in [6.07, 6.45) is 5.03. The van der Waals surface area contributed by atoms with Gasteiger partial charge in [-0.2, -0.15) is 22.2 Å². The molecule has 0 saturated heterocycles. The minimum Gasteiger partial charge on any atom is -0.214 e. The topological polar surface area (TPSA) is 95.2 Å². The van der Waals surface area contributed by atoms with Crippen LogP contribution in [0.3, 0.4) is 0 Å². The molecule has 0 N–H and O–H groups in total. The molecule has 0 aromatic rings. The number of hydrogen-bond acceptors (Lipinski definition) is 4. The van der Waals surface area contributed by atoms with E-state index in [1.807, 2.05) is 0 Å². The van der Waals surface area contributed by atoms with Crippen LogP contribution in [0, 0.1) is 51.2 Å². The second-order valence-corrected chi connectivity index (χ2v) is 4.16. The van der Waals surface area contributed by atoms with Crippen LogP contribution in [-0.4, -0.2) is 0 Å². The van der Waals surface area contributed by atoms with E-state index in [0.29, 0.717) is 29.0 Å². The Morgan fingerprint density at radius 2 is 1.70 bits per heavy atom. The van der Waals surface area contributed by atoms with Crippen molar-refractivity contribution in [3.63, 3.8) is 0 Å². The Hall–Kier alpha value is -1.02. The summed E-state index contributed by atoms with van der Waals surface area (Å²) in [6, 6.07) is 7.10. The molecule has 0 bridgehead atoms. The second-order valence-electron chi connectivity index (χ2n) is 3.78. The predicted octanol–water partition coefficient (Wildman–Crippen LogP) is 0.189. The number of nitrogens with zero attached hydrogens (tertiary/aromatic N) is 4. The van der Waals surface area contributed by atoms with Crippen LogP contribution in [0.2, 0.25) is 0 Å². The van der Waals surface area contributed by atoms with Gasteiger partial charge in [0.15, 0.2) is 0 Å². The predicted molar refractivity (Wildman–Crippen MR) is 68.6 cm³/mol. The van der Waals surface area contributed by atoms with Crippen molar-refractivity contribution in [3.05, 3.63) is 39.8 Å². The van der Waals surface area contributed by atoms with Crippen LogP contribution in [0.1, 0.15) is 19.3 Å². The second kappa shape index (κ2) is 9.81. The number of allylic oxidation sites excluding steroid dienone is 6. The van der Waals surface area contributed by atoms with Crippen LogP contribution in [-0.2, 0) is 0 Å². The van der Waals surface area contributed by atoms with Gasteiger partial charge in [0.2, 0.25) is 0 Å². The molecular formula is C14H8ClKN4. The zero-order chi connectivity index (χ0) is 14.3. The van der Waals surface area contributed by atoms with Crippen molar-refractivity contribution < 1.29 is 51.4 Å². The fourth-order valence-electron chi connectivity index (χ4n) is 1.69. The van der Waals surface area contributed by atoms with Gasteiger partial charge in [-0.3, -0.25) is 0 Å². The normalized spacial score (nSPS) is 14.9. The van der Waals surface area contributed by atoms with E-state index in [-0.39, 0.29) is 62.9 Å². The van der Waals surface area contributed by atoms with Crippen molar-refractivity contribution in [3.8, 4) is 24.3 Å². The Balaban J connectivity index is 0.00000361. The average molecular weight is 307 g/mol. The van der Waals surface area contributed by atoms with E-state index in [1.165, 1.54) is 12.2 Å². The van der Waals surface area contributed by atoms with Crippen molar-refractivity contribution in [2.45, 2.75) is 19.3 Å². The fourth-order valence-corrected chi connectivity index (χ4v) is 1.99. The summed E-state index contributed by atoms with van der Waals surface area (Å²) < 4.78 is 0. The molecule has 0 unspecified atom stereocenters. The van der Waals surface area contributed by atoms with Gasteiger partial charge in [0.05, 0.1) is 0 Å². The summed E-state index contributed by atoms with van der Waals surface area (Å²) in [5.74, 6) is -0.0147. The van der Waals surface area contributed by atoms with E-state index in [4.69, 9.17) is 32.6 Å². The summed E-state index contributed by atoms with van der Waals surface area (Å²) in [5, 5.41) is 35.3. The summed E-state index contributed by atoms with van der Waals surface area (Å²) >= 11 is 6.18. The monoisotopic (exact) mass is 306 g/mol. The third-order valence-corrected chi connectivity index (χ3v) is 3.06. The minimum absolute atomic E-state index is 0. The molecule has 0 spiro atoms. The van der Waals surface area contributed by atoms with Gasteiger partial charge in [-0.1, -0.05) is 12.8 Å². The van der Waals surface area contributed by atoms with Crippen molar-refractivity contribution in [1.29, 1.82) is 21.0 Å². The molecule has 0 aliphatic heterocycles. The van der Waals surface area contributed by atoms with Crippen molar-refractivity contribution in [2.75, 3.05) is 0 Å². The van der Waals surface area contributed by atoms with Gasteiger partial charge in [-0.05, 0) is 29.0 Å². The molecule has 0 amide bonds. The minimum atomic E-state index is -0.0147. The van der Waals surface area contributed by atoms with Gasteiger partial charge in [-0.15, -0.1) is 11.6 Å². The largest absolute Gasteiger partial charge is 1.00 e. The molecule has 92 valence electrons. The SMILES string of the molecule is N#CC(C#N)=CC1=C(Cl)C(=C[C-](C#N)C#N)CCC1.[K+]. The molecule has 6 heteroatoms. The number of halogens is 1. The average Bonchev–Trinajstić information content (AvgIpc) is 2.45. The summed E-state index contributed by atoms with van der Waals surface area (Å²) in [4.78, 5) is 0. The molecule has 0 atom stereocenters. The third-order valence-electron chi connectivity index (χ3n) is 2.58. The summed E-state index contributed by atoms with van der Waals surface area (Å²) in [5.41, 5.74) is 1.36.